The van der Waals surface area contributed by atoms with E-state index in [-0.39, 0.29) is 36.6 Å². The third-order valence-corrected chi connectivity index (χ3v) is 8.38. The number of nitrogens with zero attached hydrogens (tertiary/aromatic N) is 1. The van der Waals surface area contributed by atoms with E-state index in [0.717, 1.165) is 4.31 Å². The minimum atomic E-state index is -3.74. The maximum atomic E-state index is 12.2. The summed E-state index contributed by atoms with van der Waals surface area (Å²) in [6.45, 7) is 1.65. The molecule has 118 valence electrons. The molecule has 1 saturated heterocycles. The first-order valence-corrected chi connectivity index (χ1v) is 10.7. The van der Waals surface area contributed by atoms with Crippen molar-refractivity contribution in [1.82, 2.24) is 4.31 Å². The molecular weight excluding hydrogens is 326 g/mol. The number of aliphatic carboxylic acids is 1. The lowest BCUT2D eigenvalue weighted by atomic mass is 10.3. The summed E-state index contributed by atoms with van der Waals surface area (Å²) >= 11 is 1.41. The Labute approximate surface area is 123 Å². The molecule has 0 spiro atoms. The Morgan fingerprint density at radius 2 is 2.00 bits per heavy atom. The lowest BCUT2D eigenvalue weighted by Gasteiger charge is -2.33. The second-order valence-electron chi connectivity index (χ2n) is 4.41. The van der Waals surface area contributed by atoms with Crippen molar-refractivity contribution >= 4 is 37.6 Å². The topological polar surface area (TPSA) is 109 Å². The average molecular weight is 345 g/mol. The SMILES string of the molecule is CCS(=O)(=O)C1CSCCN1S(=O)(=O)CCCC(=O)O. The Morgan fingerprint density at radius 1 is 1.35 bits per heavy atom. The smallest absolute Gasteiger partial charge is 0.303 e. The minimum absolute atomic E-state index is 0.0137. The van der Waals surface area contributed by atoms with Gasteiger partial charge in [0.05, 0.1) is 5.75 Å². The van der Waals surface area contributed by atoms with Gasteiger partial charge in [-0.1, -0.05) is 6.92 Å². The van der Waals surface area contributed by atoms with Gasteiger partial charge >= 0.3 is 5.97 Å². The van der Waals surface area contributed by atoms with Crippen LogP contribution < -0.4 is 0 Å². The van der Waals surface area contributed by atoms with Crippen LogP contribution in [0, 0.1) is 0 Å². The Bertz CT molecular complexity index is 541. The largest absolute Gasteiger partial charge is 0.481 e. The van der Waals surface area contributed by atoms with Gasteiger partial charge in [-0.25, -0.2) is 16.8 Å². The molecular formula is C10H19NO6S3. The number of hydrogen-bond donors (Lipinski definition) is 1. The molecule has 0 aromatic carbocycles. The fourth-order valence-electron chi connectivity index (χ4n) is 1.88. The van der Waals surface area contributed by atoms with Crippen LogP contribution in [0.15, 0.2) is 0 Å². The number of rotatable bonds is 7. The van der Waals surface area contributed by atoms with Gasteiger partial charge < -0.3 is 5.11 Å². The highest BCUT2D eigenvalue weighted by Gasteiger charge is 2.39. The molecule has 7 nitrogen and oxygen atoms in total. The number of sulfonamides is 1. The van der Waals surface area contributed by atoms with Gasteiger partial charge in [-0.3, -0.25) is 4.79 Å². The maximum Gasteiger partial charge on any atom is 0.303 e. The molecule has 1 aliphatic heterocycles. The average Bonchev–Trinajstić information content (AvgIpc) is 2.38. The Kier molecular flexibility index (Phi) is 6.29. The summed E-state index contributed by atoms with van der Waals surface area (Å²) < 4.78 is 49.4. The quantitative estimate of drug-likeness (QED) is 0.691. The van der Waals surface area contributed by atoms with Crippen LogP contribution in [-0.4, -0.2) is 67.1 Å². The van der Waals surface area contributed by atoms with Crippen LogP contribution >= 0.6 is 11.8 Å². The van der Waals surface area contributed by atoms with Crippen LogP contribution in [0.1, 0.15) is 19.8 Å². The molecule has 0 amide bonds. The first kappa shape index (κ1) is 17.7. The van der Waals surface area contributed by atoms with Gasteiger partial charge in [0.25, 0.3) is 0 Å². The summed E-state index contributed by atoms with van der Waals surface area (Å²) in [5.41, 5.74) is 0. The highest BCUT2D eigenvalue weighted by molar-refractivity contribution is 8.01. The van der Waals surface area contributed by atoms with E-state index >= 15 is 0 Å². The maximum absolute atomic E-state index is 12.2. The fraction of sp³-hybridized carbons (Fsp3) is 0.900. The molecule has 1 heterocycles. The standard InChI is InChI=1S/C10H19NO6S3/c1-2-19(14,15)9-8-18-6-5-11(9)20(16,17)7-3-4-10(12)13/h9H,2-8H2,1H3,(H,12,13). The first-order chi connectivity index (χ1) is 9.20. The molecule has 0 aromatic heterocycles. The predicted octanol–water partition coefficient (Wildman–Crippen LogP) is -0.00940. The Hall–Kier alpha value is -0.320. The van der Waals surface area contributed by atoms with Crippen molar-refractivity contribution < 1.29 is 26.7 Å². The van der Waals surface area contributed by atoms with Crippen molar-refractivity contribution in [2.24, 2.45) is 0 Å². The van der Waals surface area contributed by atoms with E-state index in [1.807, 2.05) is 0 Å². The van der Waals surface area contributed by atoms with Crippen molar-refractivity contribution in [3.05, 3.63) is 0 Å². The second kappa shape index (κ2) is 7.10. The van der Waals surface area contributed by atoms with Gasteiger partial charge in [0, 0.05) is 30.2 Å². The van der Waals surface area contributed by atoms with Gasteiger partial charge in [-0.2, -0.15) is 16.1 Å². The molecule has 1 aliphatic rings. The molecule has 10 heteroatoms. The van der Waals surface area contributed by atoms with Crippen molar-refractivity contribution in [2.75, 3.05) is 29.6 Å². The lowest BCUT2D eigenvalue weighted by Crippen LogP contribution is -2.51. The third kappa shape index (κ3) is 4.61. The predicted molar refractivity (Wildman–Crippen MR) is 77.9 cm³/mol. The molecule has 20 heavy (non-hydrogen) atoms. The number of hydrogen-bond acceptors (Lipinski definition) is 6. The number of carbonyl (C=O) groups is 1. The number of sulfone groups is 1. The van der Waals surface area contributed by atoms with E-state index in [1.165, 1.54) is 18.7 Å². The number of carboxylic acids is 1. The van der Waals surface area contributed by atoms with E-state index in [1.54, 1.807) is 0 Å². The van der Waals surface area contributed by atoms with E-state index in [0.29, 0.717) is 5.75 Å². The summed E-state index contributed by atoms with van der Waals surface area (Å²) in [4.78, 5) is 10.4. The van der Waals surface area contributed by atoms with Gasteiger partial charge in [-0.05, 0) is 6.42 Å². The van der Waals surface area contributed by atoms with Crippen molar-refractivity contribution in [2.45, 2.75) is 25.1 Å². The molecule has 0 aromatic rings. The Balaban J connectivity index is 2.86. The van der Waals surface area contributed by atoms with Crippen LogP contribution in [0.5, 0.6) is 0 Å². The van der Waals surface area contributed by atoms with Crippen molar-refractivity contribution in [3.63, 3.8) is 0 Å². The molecule has 0 radical (unpaired) electrons. The number of thioether (sulfide) groups is 1. The van der Waals surface area contributed by atoms with Gasteiger partial charge in [0.15, 0.2) is 9.84 Å². The molecule has 0 bridgehead atoms. The molecule has 1 rings (SSSR count). The summed E-state index contributed by atoms with van der Waals surface area (Å²) in [5, 5.41) is 7.51. The van der Waals surface area contributed by atoms with E-state index in [4.69, 9.17) is 5.11 Å². The van der Waals surface area contributed by atoms with Crippen molar-refractivity contribution in [3.8, 4) is 0 Å². The van der Waals surface area contributed by atoms with E-state index in [9.17, 15) is 21.6 Å². The van der Waals surface area contributed by atoms with E-state index in [2.05, 4.69) is 0 Å². The highest BCUT2D eigenvalue weighted by atomic mass is 32.2. The second-order valence-corrected chi connectivity index (χ2v) is 10.0. The van der Waals surface area contributed by atoms with Crippen LogP contribution in [0.4, 0.5) is 0 Å². The number of carboxylic acid groups (broad SMARTS) is 1. The zero-order valence-corrected chi connectivity index (χ0v) is 13.6. The van der Waals surface area contributed by atoms with Crippen LogP contribution in [0.25, 0.3) is 0 Å². The lowest BCUT2D eigenvalue weighted by molar-refractivity contribution is -0.137. The van der Waals surface area contributed by atoms with Gasteiger partial charge in [0.1, 0.15) is 5.37 Å². The normalized spacial score (nSPS) is 21.8. The Morgan fingerprint density at radius 3 is 2.55 bits per heavy atom. The summed E-state index contributed by atoms with van der Waals surface area (Å²) in [6, 6.07) is 0. The fourth-order valence-corrected chi connectivity index (χ4v) is 7.27. The summed E-state index contributed by atoms with van der Waals surface area (Å²) in [6.07, 6.45) is -0.257. The molecule has 1 N–H and O–H groups in total. The van der Waals surface area contributed by atoms with Gasteiger partial charge in [0.2, 0.25) is 10.0 Å². The minimum Gasteiger partial charge on any atom is -0.481 e. The van der Waals surface area contributed by atoms with Crippen molar-refractivity contribution in [1.29, 1.82) is 0 Å². The van der Waals surface area contributed by atoms with Crippen LogP contribution in [0.3, 0.4) is 0 Å². The molecule has 0 aliphatic carbocycles. The third-order valence-electron chi connectivity index (χ3n) is 3.00. The molecule has 0 saturated carbocycles. The summed E-state index contributed by atoms with van der Waals surface area (Å²) in [5.74, 6) is -0.728. The highest BCUT2D eigenvalue weighted by Crippen LogP contribution is 2.24. The van der Waals surface area contributed by atoms with Crippen LogP contribution in [0.2, 0.25) is 0 Å². The zero-order valence-electron chi connectivity index (χ0n) is 11.2. The van der Waals surface area contributed by atoms with Gasteiger partial charge in [-0.15, -0.1) is 0 Å². The summed E-state index contributed by atoms with van der Waals surface area (Å²) in [7, 11) is -7.23. The molecule has 1 unspecified atom stereocenters. The molecule has 1 atom stereocenters. The van der Waals surface area contributed by atoms with Crippen LogP contribution in [-0.2, 0) is 24.7 Å². The molecule has 1 fully saturated rings. The first-order valence-electron chi connectivity index (χ1n) is 6.21. The monoisotopic (exact) mass is 345 g/mol. The zero-order chi connectivity index (χ0) is 15.4. The van der Waals surface area contributed by atoms with E-state index < -0.39 is 31.2 Å².